The minimum atomic E-state index is -0.0598. The number of hydrogen-bond acceptors (Lipinski definition) is 3. The highest BCUT2D eigenvalue weighted by Crippen LogP contribution is 2.30. The summed E-state index contributed by atoms with van der Waals surface area (Å²) < 4.78 is 7.17. The van der Waals surface area contributed by atoms with Gasteiger partial charge in [0.1, 0.15) is 0 Å². The molecule has 0 saturated carbocycles. The molecule has 2 heterocycles. The van der Waals surface area contributed by atoms with Crippen LogP contribution in [-0.4, -0.2) is 29.8 Å². The van der Waals surface area contributed by atoms with E-state index in [1.165, 1.54) is 18.4 Å². The van der Waals surface area contributed by atoms with Gasteiger partial charge in [0.05, 0.1) is 5.60 Å². The molecule has 1 aliphatic rings. The van der Waals surface area contributed by atoms with Gasteiger partial charge in [-0.15, -0.1) is 0 Å². The van der Waals surface area contributed by atoms with Gasteiger partial charge in [-0.05, 0) is 73.1 Å². The normalized spacial score (nSPS) is 24.6. The summed E-state index contributed by atoms with van der Waals surface area (Å²) in [6.45, 7) is 6.38. The molecule has 2 rings (SSSR count). The van der Waals surface area contributed by atoms with Crippen molar-refractivity contribution in [2.75, 3.05) is 13.2 Å². The third kappa shape index (κ3) is 4.27. The molecule has 0 spiro atoms. The molecule has 1 aromatic rings. The summed E-state index contributed by atoms with van der Waals surface area (Å²) in [5, 5.41) is 3.68. The lowest BCUT2D eigenvalue weighted by Gasteiger charge is -2.41. The van der Waals surface area contributed by atoms with Gasteiger partial charge in [0.2, 0.25) is 0 Å². The zero-order chi connectivity index (χ0) is 14.4. The van der Waals surface area contributed by atoms with Crippen LogP contribution in [0.1, 0.15) is 45.1 Å². The van der Waals surface area contributed by atoms with Crippen molar-refractivity contribution < 1.29 is 4.74 Å². The van der Waals surface area contributed by atoms with Crippen molar-refractivity contribution in [1.82, 2.24) is 10.3 Å². The number of halogens is 1. The molecule has 2 atom stereocenters. The van der Waals surface area contributed by atoms with Crippen LogP contribution in [0.2, 0.25) is 0 Å². The average Bonchev–Trinajstić information content (AvgIpc) is 2.44. The zero-order valence-electron chi connectivity index (χ0n) is 12.5. The third-order valence-electron chi connectivity index (χ3n) is 4.08. The molecule has 0 aromatic carbocycles. The van der Waals surface area contributed by atoms with E-state index in [2.05, 4.69) is 46.1 Å². The quantitative estimate of drug-likeness (QED) is 0.856. The van der Waals surface area contributed by atoms with E-state index >= 15 is 0 Å². The van der Waals surface area contributed by atoms with Crippen molar-refractivity contribution in [1.29, 1.82) is 0 Å². The third-order valence-corrected chi connectivity index (χ3v) is 4.51. The lowest BCUT2D eigenvalue weighted by molar-refractivity contribution is -0.0883. The lowest BCUT2D eigenvalue weighted by atomic mass is 9.85. The first-order chi connectivity index (χ1) is 9.64. The second-order valence-electron chi connectivity index (χ2n) is 5.84. The van der Waals surface area contributed by atoms with E-state index in [0.717, 1.165) is 36.9 Å². The van der Waals surface area contributed by atoms with Crippen LogP contribution in [0, 0.1) is 0 Å². The van der Waals surface area contributed by atoms with E-state index in [1.54, 1.807) is 0 Å². The van der Waals surface area contributed by atoms with Crippen LogP contribution >= 0.6 is 15.9 Å². The molecule has 2 unspecified atom stereocenters. The van der Waals surface area contributed by atoms with Crippen LogP contribution < -0.4 is 5.32 Å². The molecule has 1 saturated heterocycles. The summed E-state index contributed by atoms with van der Waals surface area (Å²) >= 11 is 3.50. The van der Waals surface area contributed by atoms with Crippen LogP contribution in [0.5, 0.6) is 0 Å². The Morgan fingerprint density at radius 3 is 2.95 bits per heavy atom. The molecule has 0 aliphatic carbocycles. The maximum atomic E-state index is 6.13. The first-order valence-electron chi connectivity index (χ1n) is 7.61. The molecule has 112 valence electrons. The van der Waals surface area contributed by atoms with E-state index in [0.29, 0.717) is 6.04 Å². The summed E-state index contributed by atoms with van der Waals surface area (Å²) in [5.41, 5.74) is 1.19. The van der Waals surface area contributed by atoms with Crippen molar-refractivity contribution >= 4 is 15.9 Å². The lowest BCUT2D eigenvalue weighted by Crippen LogP contribution is -2.53. The molecule has 4 heteroatoms. The zero-order valence-corrected chi connectivity index (χ0v) is 14.1. The van der Waals surface area contributed by atoms with Gasteiger partial charge in [-0.25, -0.2) is 0 Å². The highest BCUT2D eigenvalue weighted by Gasteiger charge is 2.36. The highest BCUT2D eigenvalue weighted by molar-refractivity contribution is 9.10. The largest absolute Gasteiger partial charge is 0.374 e. The molecular weight excluding hydrogens is 316 g/mol. The Hall–Kier alpha value is -0.450. The van der Waals surface area contributed by atoms with E-state index in [4.69, 9.17) is 4.74 Å². The minimum absolute atomic E-state index is 0.0598. The summed E-state index contributed by atoms with van der Waals surface area (Å²) in [4.78, 5) is 4.27. The van der Waals surface area contributed by atoms with Gasteiger partial charge in [-0.1, -0.05) is 6.92 Å². The molecule has 20 heavy (non-hydrogen) atoms. The van der Waals surface area contributed by atoms with Crippen molar-refractivity contribution in [2.45, 2.75) is 57.6 Å². The van der Waals surface area contributed by atoms with Crippen molar-refractivity contribution in [3.8, 4) is 0 Å². The Kier molecular flexibility index (Phi) is 6.00. The van der Waals surface area contributed by atoms with Crippen molar-refractivity contribution in [3.05, 3.63) is 28.5 Å². The highest BCUT2D eigenvalue weighted by atomic mass is 79.9. The van der Waals surface area contributed by atoms with Crippen LogP contribution in [0.4, 0.5) is 0 Å². The smallest absolute Gasteiger partial charge is 0.0810 e. The monoisotopic (exact) mass is 340 g/mol. The Bertz CT molecular complexity index is 419. The Morgan fingerprint density at radius 1 is 1.45 bits per heavy atom. The molecule has 0 amide bonds. The second kappa shape index (κ2) is 7.53. The SMILES string of the molecule is CCCNC(Cc1cncc(Br)c1)C1(C)CCCCO1. The maximum absolute atomic E-state index is 6.13. The molecule has 1 aliphatic heterocycles. The second-order valence-corrected chi connectivity index (χ2v) is 6.76. The van der Waals surface area contributed by atoms with Crippen molar-refractivity contribution in [3.63, 3.8) is 0 Å². The number of aromatic nitrogens is 1. The van der Waals surface area contributed by atoms with Gasteiger partial charge in [-0.3, -0.25) is 4.98 Å². The van der Waals surface area contributed by atoms with Crippen molar-refractivity contribution in [2.24, 2.45) is 0 Å². The number of nitrogens with one attached hydrogen (secondary N) is 1. The van der Waals surface area contributed by atoms with E-state index in [-0.39, 0.29) is 5.60 Å². The number of nitrogens with zero attached hydrogens (tertiary/aromatic N) is 1. The Morgan fingerprint density at radius 2 is 2.30 bits per heavy atom. The molecule has 3 nitrogen and oxygen atoms in total. The minimum Gasteiger partial charge on any atom is -0.374 e. The standard InChI is InChI=1S/C16H25BrN2O/c1-3-7-19-15(16(2)6-4-5-8-20-16)10-13-9-14(17)12-18-11-13/h9,11-12,15,19H,3-8,10H2,1-2H3. The average molecular weight is 341 g/mol. The first kappa shape index (κ1) is 15.9. The first-order valence-corrected chi connectivity index (χ1v) is 8.40. The van der Waals surface area contributed by atoms with Gasteiger partial charge < -0.3 is 10.1 Å². The Balaban J connectivity index is 2.10. The maximum Gasteiger partial charge on any atom is 0.0810 e. The van der Waals surface area contributed by atoms with E-state index in [9.17, 15) is 0 Å². The summed E-state index contributed by atoms with van der Waals surface area (Å²) in [6, 6.07) is 2.50. The topological polar surface area (TPSA) is 34.2 Å². The number of hydrogen-bond donors (Lipinski definition) is 1. The van der Waals surface area contributed by atoms with Gasteiger partial charge in [0.25, 0.3) is 0 Å². The van der Waals surface area contributed by atoms with Crippen LogP contribution in [0.3, 0.4) is 0 Å². The molecule has 1 N–H and O–H groups in total. The molecule has 1 fully saturated rings. The van der Waals surface area contributed by atoms with Gasteiger partial charge in [-0.2, -0.15) is 0 Å². The van der Waals surface area contributed by atoms with Crippen LogP contribution in [0.15, 0.2) is 22.9 Å². The summed E-state index contributed by atoms with van der Waals surface area (Å²) in [5.74, 6) is 0. The van der Waals surface area contributed by atoms with Gasteiger partial charge >= 0.3 is 0 Å². The van der Waals surface area contributed by atoms with Crippen LogP contribution in [-0.2, 0) is 11.2 Å². The molecule has 1 aromatic heterocycles. The Labute approximate surface area is 130 Å². The predicted molar refractivity (Wildman–Crippen MR) is 85.9 cm³/mol. The number of pyridine rings is 1. The van der Waals surface area contributed by atoms with E-state index in [1.807, 2.05) is 12.4 Å². The summed E-state index contributed by atoms with van der Waals surface area (Å²) in [6.07, 6.45) is 9.47. The fraction of sp³-hybridized carbons (Fsp3) is 0.688. The molecular formula is C16H25BrN2O. The molecule has 0 bridgehead atoms. The number of ether oxygens (including phenoxy) is 1. The van der Waals surface area contributed by atoms with Gasteiger partial charge in [0.15, 0.2) is 0 Å². The molecule has 0 radical (unpaired) electrons. The fourth-order valence-corrected chi connectivity index (χ4v) is 3.27. The predicted octanol–water partition coefficient (Wildman–Crippen LogP) is 3.71. The number of rotatable bonds is 6. The fourth-order valence-electron chi connectivity index (χ4n) is 2.86. The van der Waals surface area contributed by atoms with Gasteiger partial charge in [0, 0.05) is 29.5 Å². The van der Waals surface area contributed by atoms with E-state index < -0.39 is 0 Å². The summed E-state index contributed by atoms with van der Waals surface area (Å²) in [7, 11) is 0. The van der Waals surface area contributed by atoms with Crippen LogP contribution in [0.25, 0.3) is 0 Å².